The van der Waals surface area contributed by atoms with Gasteiger partial charge in [-0.15, -0.1) is 0 Å². The zero-order valence-electron chi connectivity index (χ0n) is 10.4. The summed E-state index contributed by atoms with van der Waals surface area (Å²) in [6.45, 7) is 5.85. The highest BCUT2D eigenvalue weighted by molar-refractivity contribution is 5.91. The van der Waals surface area contributed by atoms with Gasteiger partial charge in [0.1, 0.15) is 0 Å². The Morgan fingerprint density at radius 1 is 1.53 bits per heavy atom. The lowest BCUT2D eigenvalue weighted by molar-refractivity contribution is -0.116. The number of nitrogens with one attached hydrogen (secondary N) is 2. The highest BCUT2D eigenvalue weighted by atomic mass is 16.1. The molecule has 2 rings (SSSR count). The third-order valence-corrected chi connectivity index (χ3v) is 3.14. The molecule has 0 aliphatic carbocycles. The van der Waals surface area contributed by atoms with E-state index in [1.807, 2.05) is 26.0 Å². The molecule has 1 amide bonds. The Bertz CT molecular complexity index is 411. The van der Waals surface area contributed by atoms with Crippen molar-refractivity contribution in [3.05, 3.63) is 23.5 Å². The fourth-order valence-electron chi connectivity index (χ4n) is 2.17. The van der Waals surface area contributed by atoms with Crippen LogP contribution in [-0.4, -0.2) is 24.0 Å². The van der Waals surface area contributed by atoms with E-state index >= 15 is 0 Å². The molecule has 0 saturated carbocycles. The Balaban J connectivity index is 1.93. The van der Waals surface area contributed by atoms with Gasteiger partial charge in [0.25, 0.3) is 0 Å². The highest BCUT2D eigenvalue weighted by Crippen LogP contribution is 2.16. The van der Waals surface area contributed by atoms with E-state index in [1.54, 1.807) is 0 Å². The summed E-state index contributed by atoms with van der Waals surface area (Å²) in [6.07, 6.45) is 1.69. The number of aryl methyl sites for hydroxylation is 2. The number of anilines is 1. The normalized spacial score (nSPS) is 19.3. The van der Waals surface area contributed by atoms with E-state index < -0.39 is 0 Å². The van der Waals surface area contributed by atoms with Crippen LogP contribution in [0.25, 0.3) is 0 Å². The number of hydrogen-bond donors (Lipinski definition) is 2. The van der Waals surface area contributed by atoms with Crippen molar-refractivity contribution in [2.45, 2.75) is 26.7 Å². The number of nitrogens with zero attached hydrogens (tertiary/aromatic N) is 1. The molecule has 17 heavy (non-hydrogen) atoms. The summed E-state index contributed by atoms with van der Waals surface area (Å²) in [5, 5.41) is 6.20. The minimum Gasteiger partial charge on any atom is -0.324 e. The topological polar surface area (TPSA) is 54.0 Å². The molecule has 0 bridgehead atoms. The molecule has 4 nitrogen and oxygen atoms in total. The summed E-state index contributed by atoms with van der Waals surface area (Å²) in [6, 6.07) is 3.84. The van der Waals surface area contributed by atoms with E-state index in [4.69, 9.17) is 0 Å². The Morgan fingerprint density at radius 3 is 3.00 bits per heavy atom. The maximum Gasteiger partial charge on any atom is 0.224 e. The molecule has 2 heterocycles. The van der Waals surface area contributed by atoms with Crippen LogP contribution in [-0.2, 0) is 4.79 Å². The molecule has 1 saturated heterocycles. The number of amides is 1. The van der Waals surface area contributed by atoms with Crippen molar-refractivity contribution in [2.75, 3.05) is 18.4 Å². The first-order chi connectivity index (χ1) is 8.15. The van der Waals surface area contributed by atoms with Crippen molar-refractivity contribution in [1.82, 2.24) is 10.3 Å². The van der Waals surface area contributed by atoms with Gasteiger partial charge in [-0.2, -0.15) is 0 Å². The second-order valence-corrected chi connectivity index (χ2v) is 4.70. The van der Waals surface area contributed by atoms with Gasteiger partial charge in [0.2, 0.25) is 5.91 Å². The fourth-order valence-corrected chi connectivity index (χ4v) is 2.17. The molecule has 0 aromatic carbocycles. The van der Waals surface area contributed by atoms with Crippen LogP contribution in [0.3, 0.4) is 0 Å². The first-order valence-electron chi connectivity index (χ1n) is 6.10. The average molecular weight is 233 g/mol. The van der Waals surface area contributed by atoms with Gasteiger partial charge in [0, 0.05) is 12.1 Å². The molecular formula is C13H19N3O. The van der Waals surface area contributed by atoms with Gasteiger partial charge in [-0.05, 0) is 51.4 Å². The maximum absolute atomic E-state index is 11.8. The van der Waals surface area contributed by atoms with E-state index in [0.29, 0.717) is 12.3 Å². The quantitative estimate of drug-likeness (QED) is 0.834. The molecular weight excluding hydrogens is 214 g/mol. The molecule has 92 valence electrons. The van der Waals surface area contributed by atoms with Crippen LogP contribution in [0.15, 0.2) is 12.1 Å². The largest absolute Gasteiger partial charge is 0.324 e. The Hall–Kier alpha value is -1.42. The van der Waals surface area contributed by atoms with Crippen LogP contribution in [0.2, 0.25) is 0 Å². The smallest absolute Gasteiger partial charge is 0.224 e. The molecule has 0 spiro atoms. The lowest BCUT2D eigenvalue weighted by Gasteiger charge is -2.11. The van der Waals surface area contributed by atoms with Crippen molar-refractivity contribution >= 4 is 11.6 Å². The Labute approximate surface area is 102 Å². The van der Waals surface area contributed by atoms with Gasteiger partial charge in [-0.25, -0.2) is 0 Å². The second kappa shape index (κ2) is 5.27. The zero-order chi connectivity index (χ0) is 12.3. The van der Waals surface area contributed by atoms with Crippen molar-refractivity contribution in [3.63, 3.8) is 0 Å². The third kappa shape index (κ3) is 3.27. The number of carbonyl (C=O) groups excluding carboxylic acids is 1. The summed E-state index contributed by atoms with van der Waals surface area (Å²) < 4.78 is 0. The number of rotatable bonds is 3. The van der Waals surface area contributed by atoms with Gasteiger partial charge in [0.05, 0.1) is 11.4 Å². The number of carbonyl (C=O) groups is 1. The highest BCUT2D eigenvalue weighted by Gasteiger charge is 2.18. The van der Waals surface area contributed by atoms with Gasteiger partial charge in [-0.1, -0.05) is 0 Å². The molecule has 1 aliphatic rings. The van der Waals surface area contributed by atoms with Crippen molar-refractivity contribution in [2.24, 2.45) is 5.92 Å². The minimum absolute atomic E-state index is 0.0902. The predicted octanol–water partition coefficient (Wildman–Crippen LogP) is 1.64. The second-order valence-electron chi connectivity index (χ2n) is 4.70. The average Bonchev–Trinajstić information content (AvgIpc) is 2.75. The van der Waals surface area contributed by atoms with Gasteiger partial charge >= 0.3 is 0 Å². The number of hydrogen-bond acceptors (Lipinski definition) is 3. The molecule has 1 aliphatic heterocycles. The lowest BCUT2D eigenvalue weighted by atomic mass is 10.0. The summed E-state index contributed by atoms with van der Waals surface area (Å²) in [7, 11) is 0. The fraction of sp³-hybridized carbons (Fsp3) is 0.538. The predicted molar refractivity (Wildman–Crippen MR) is 67.9 cm³/mol. The standard InChI is InChI=1S/C13H19N3O/c1-9-3-4-12(10(2)15-9)16-13(17)7-11-5-6-14-8-11/h3-4,11,14H,5-8H2,1-2H3,(H,16,17). The van der Waals surface area contributed by atoms with Crippen molar-refractivity contribution < 1.29 is 4.79 Å². The molecule has 2 N–H and O–H groups in total. The third-order valence-electron chi connectivity index (χ3n) is 3.14. The molecule has 1 atom stereocenters. The van der Waals surface area contributed by atoms with E-state index in [-0.39, 0.29) is 5.91 Å². The van der Waals surface area contributed by atoms with Crippen molar-refractivity contribution in [3.8, 4) is 0 Å². The Morgan fingerprint density at radius 2 is 2.35 bits per heavy atom. The molecule has 1 unspecified atom stereocenters. The van der Waals surface area contributed by atoms with Crippen LogP contribution >= 0.6 is 0 Å². The molecule has 1 aromatic heterocycles. The summed E-state index contributed by atoms with van der Waals surface area (Å²) in [5.41, 5.74) is 2.68. The molecule has 0 radical (unpaired) electrons. The SMILES string of the molecule is Cc1ccc(NC(=O)CC2CCNC2)c(C)n1. The minimum atomic E-state index is 0.0902. The van der Waals surface area contributed by atoms with E-state index in [9.17, 15) is 4.79 Å². The van der Waals surface area contributed by atoms with E-state index in [1.165, 1.54) is 0 Å². The first-order valence-corrected chi connectivity index (χ1v) is 6.10. The lowest BCUT2D eigenvalue weighted by Crippen LogP contribution is -2.19. The van der Waals surface area contributed by atoms with Gasteiger partial charge in [0.15, 0.2) is 0 Å². The number of pyridine rings is 1. The maximum atomic E-state index is 11.8. The van der Waals surface area contributed by atoms with Crippen LogP contribution in [0.4, 0.5) is 5.69 Å². The van der Waals surface area contributed by atoms with Crippen molar-refractivity contribution in [1.29, 1.82) is 0 Å². The number of aromatic nitrogens is 1. The molecule has 1 aromatic rings. The van der Waals surface area contributed by atoms with Crippen LogP contribution in [0.1, 0.15) is 24.2 Å². The van der Waals surface area contributed by atoms with E-state index in [0.717, 1.165) is 36.6 Å². The molecule has 4 heteroatoms. The monoisotopic (exact) mass is 233 g/mol. The van der Waals surface area contributed by atoms with Gasteiger partial charge < -0.3 is 10.6 Å². The zero-order valence-corrected chi connectivity index (χ0v) is 10.4. The van der Waals surface area contributed by atoms with Gasteiger partial charge in [-0.3, -0.25) is 9.78 Å². The van der Waals surface area contributed by atoms with Crippen LogP contribution < -0.4 is 10.6 Å². The summed E-state index contributed by atoms with van der Waals surface area (Å²) in [5.74, 6) is 0.571. The van der Waals surface area contributed by atoms with E-state index in [2.05, 4.69) is 15.6 Å². The first kappa shape index (κ1) is 12.0. The molecule has 1 fully saturated rings. The summed E-state index contributed by atoms with van der Waals surface area (Å²) >= 11 is 0. The summed E-state index contributed by atoms with van der Waals surface area (Å²) in [4.78, 5) is 16.2. The van der Waals surface area contributed by atoms with Crippen LogP contribution in [0.5, 0.6) is 0 Å². The Kier molecular flexibility index (Phi) is 3.74. The van der Waals surface area contributed by atoms with Crippen LogP contribution in [0, 0.1) is 19.8 Å².